The van der Waals surface area contributed by atoms with E-state index in [1.807, 2.05) is 24.3 Å². The summed E-state index contributed by atoms with van der Waals surface area (Å²) in [7, 11) is 1.76. The zero-order valence-electron chi connectivity index (χ0n) is 14.9. The molecule has 0 aliphatic carbocycles. The molecule has 0 saturated carbocycles. The molecule has 0 radical (unpaired) electrons. The summed E-state index contributed by atoms with van der Waals surface area (Å²) in [5.74, 6) is 0.933. The number of nitrogens with zero attached hydrogens (tertiary/aromatic N) is 4. The first-order valence-corrected chi connectivity index (χ1v) is 8.65. The van der Waals surface area contributed by atoms with Crippen molar-refractivity contribution < 1.29 is 9.53 Å². The van der Waals surface area contributed by atoms with Crippen LogP contribution >= 0.6 is 0 Å². The summed E-state index contributed by atoms with van der Waals surface area (Å²) in [6.07, 6.45) is 3.92. The van der Waals surface area contributed by atoms with Gasteiger partial charge < -0.3 is 15.4 Å². The van der Waals surface area contributed by atoms with Gasteiger partial charge in [-0.2, -0.15) is 0 Å². The van der Waals surface area contributed by atoms with Crippen LogP contribution in [0.5, 0.6) is 5.75 Å². The van der Waals surface area contributed by atoms with Crippen molar-refractivity contribution in [3.8, 4) is 17.0 Å². The van der Waals surface area contributed by atoms with Crippen LogP contribution in [0.3, 0.4) is 0 Å². The standard InChI is InChI=1S/C20H19N5O2/c1-25(12-15-9-13-5-2-3-8-18(13)27-15)19(26)17-7-4-6-16(24-17)14-10-22-20(21)23-11-14/h2-8,10-11,15H,9,12H2,1H3,(H2,21,22,23)/t15-/m1/s1. The number of nitrogens with two attached hydrogens (primary N) is 1. The molecule has 0 spiro atoms. The lowest BCUT2D eigenvalue weighted by Gasteiger charge is -2.21. The first kappa shape index (κ1) is 17.0. The number of carbonyl (C=O) groups is 1. The molecule has 0 unspecified atom stereocenters. The normalized spacial score (nSPS) is 15.1. The average Bonchev–Trinajstić information content (AvgIpc) is 3.10. The second-order valence-corrected chi connectivity index (χ2v) is 6.48. The van der Waals surface area contributed by atoms with Crippen LogP contribution in [0.4, 0.5) is 5.95 Å². The van der Waals surface area contributed by atoms with E-state index in [2.05, 4.69) is 21.0 Å². The van der Waals surface area contributed by atoms with Gasteiger partial charge in [-0.25, -0.2) is 15.0 Å². The van der Waals surface area contributed by atoms with E-state index in [0.29, 0.717) is 23.5 Å². The Morgan fingerprint density at radius 3 is 2.74 bits per heavy atom. The molecule has 27 heavy (non-hydrogen) atoms. The Morgan fingerprint density at radius 1 is 1.19 bits per heavy atom. The zero-order chi connectivity index (χ0) is 18.8. The van der Waals surface area contributed by atoms with Crippen LogP contribution in [0.25, 0.3) is 11.3 Å². The third-order valence-electron chi connectivity index (χ3n) is 4.47. The monoisotopic (exact) mass is 361 g/mol. The number of para-hydroxylation sites is 1. The van der Waals surface area contributed by atoms with Crippen molar-refractivity contribution in [3.63, 3.8) is 0 Å². The molecule has 1 aromatic carbocycles. The number of nitrogen functional groups attached to an aromatic ring is 1. The first-order valence-electron chi connectivity index (χ1n) is 8.65. The summed E-state index contributed by atoms with van der Waals surface area (Å²) in [5, 5.41) is 0. The fourth-order valence-corrected chi connectivity index (χ4v) is 3.12. The minimum Gasteiger partial charge on any atom is -0.488 e. The lowest BCUT2D eigenvalue weighted by atomic mass is 10.1. The molecule has 2 N–H and O–H groups in total. The van der Waals surface area contributed by atoms with Gasteiger partial charge in [0, 0.05) is 31.4 Å². The van der Waals surface area contributed by atoms with Crippen LogP contribution < -0.4 is 10.5 Å². The molecule has 1 aliphatic heterocycles. The number of hydrogen-bond acceptors (Lipinski definition) is 6. The number of anilines is 1. The quantitative estimate of drug-likeness (QED) is 0.765. The molecule has 0 bridgehead atoms. The summed E-state index contributed by atoms with van der Waals surface area (Å²) in [5.41, 5.74) is 8.38. The predicted octanol–water partition coefficient (Wildman–Crippen LogP) is 2.20. The second-order valence-electron chi connectivity index (χ2n) is 6.48. The number of ether oxygens (including phenoxy) is 1. The number of benzene rings is 1. The van der Waals surface area contributed by atoms with E-state index in [1.165, 1.54) is 5.56 Å². The summed E-state index contributed by atoms with van der Waals surface area (Å²) >= 11 is 0. The van der Waals surface area contributed by atoms with E-state index in [0.717, 1.165) is 12.2 Å². The van der Waals surface area contributed by atoms with Crippen LogP contribution in [0.15, 0.2) is 54.9 Å². The van der Waals surface area contributed by atoms with E-state index < -0.39 is 0 Å². The highest BCUT2D eigenvalue weighted by Crippen LogP contribution is 2.28. The maximum Gasteiger partial charge on any atom is 0.272 e. The summed E-state index contributed by atoms with van der Waals surface area (Å²) in [6, 6.07) is 13.3. The molecular formula is C20H19N5O2. The number of likely N-dealkylation sites (N-methyl/N-ethyl adjacent to an activating group) is 1. The maximum atomic E-state index is 12.8. The van der Waals surface area contributed by atoms with Crippen molar-refractivity contribution in [2.24, 2.45) is 0 Å². The Labute approximate surface area is 156 Å². The number of pyridine rings is 1. The molecule has 7 heteroatoms. The fraction of sp³-hybridized carbons (Fsp3) is 0.200. The Morgan fingerprint density at radius 2 is 1.96 bits per heavy atom. The molecule has 2 aromatic heterocycles. The average molecular weight is 361 g/mol. The van der Waals surface area contributed by atoms with E-state index in [9.17, 15) is 4.79 Å². The van der Waals surface area contributed by atoms with E-state index >= 15 is 0 Å². The Hall–Kier alpha value is -3.48. The van der Waals surface area contributed by atoms with Gasteiger partial charge in [0.25, 0.3) is 5.91 Å². The summed E-state index contributed by atoms with van der Waals surface area (Å²) in [6.45, 7) is 0.490. The number of carbonyl (C=O) groups excluding carboxylic acids is 1. The highest BCUT2D eigenvalue weighted by Gasteiger charge is 2.25. The Bertz CT molecular complexity index is 949. The van der Waals surface area contributed by atoms with E-state index in [-0.39, 0.29) is 18.0 Å². The molecule has 1 atom stereocenters. The smallest absolute Gasteiger partial charge is 0.272 e. The van der Waals surface area contributed by atoms with Crippen LogP contribution in [-0.2, 0) is 6.42 Å². The van der Waals surface area contributed by atoms with Gasteiger partial charge in [-0.3, -0.25) is 4.79 Å². The lowest BCUT2D eigenvalue weighted by Crippen LogP contribution is -2.36. The topological polar surface area (TPSA) is 94.2 Å². The number of fused-ring (bicyclic) bond motifs is 1. The number of aromatic nitrogens is 3. The molecule has 7 nitrogen and oxygen atoms in total. The van der Waals surface area contributed by atoms with Crippen molar-refractivity contribution >= 4 is 11.9 Å². The van der Waals surface area contributed by atoms with Crippen molar-refractivity contribution in [1.82, 2.24) is 19.9 Å². The fourth-order valence-electron chi connectivity index (χ4n) is 3.12. The molecule has 136 valence electrons. The molecule has 3 aromatic rings. The minimum atomic E-state index is -0.159. The largest absolute Gasteiger partial charge is 0.488 e. The van der Waals surface area contributed by atoms with E-state index in [1.54, 1.807) is 36.5 Å². The second kappa shape index (κ2) is 7.03. The highest BCUT2D eigenvalue weighted by atomic mass is 16.5. The third-order valence-corrected chi connectivity index (χ3v) is 4.47. The molecule has 1 aliphatic rings. The van der Waals surface area contributed by atoms with Crippen LogP contribution in [-0.4, -0.2) is 45.5 Å². The third kappa shape index (κ3) is 3.57. The Kier molecular flexibility index (Phi) is 4.42. The lowest BCUT2D eigenvalue weighted by molar-refractivity contribution is 0.0725. The zero-order valence-corrected chi connectivity index (χ0v) is 14.9. The number of rotatable bonds is 4. The summed E-state index contributed by atoms with van der Waals surface area (Å²) < 4.78 is 5.93. The van der Waals surface area contributed by atoms with Crippen LogP contribution in [0.2, 0.25) is 0 Å². The van der Waals surface area contributed by atoms with Gasteiger partial charge in [-0.1, -0.05) is 24.3 Å². The van der Waals surface area contributed by atoms with Gasteiger partial charge in [-0.15, -0.1) is 0 Å². The van der Waals surface area contributed by atoms with Crippen molar-refractivity contribution in [2.75, 3.05) is 19.3 Å². The highest BCUT2D eigenvalue weighted by molar-refractivity contribution is 5.92. The molecule has 1 amide bonds. The van der Waals surface area contributed by atoms with E-state index in [4.69, 9.17) is 10.5 Å². The van der Waals surface area contributed by atoms with Gasteiger partial charge >= 0.3 is 0 Å². The maximum absolute atomic E-state index is 12.8. The van der Waals surface area contributed by atoms with Gasteiger partial charge in [0.2, 0.25) is 5.95 Å². The SMILES string of the molecule is CN(C[C@H]1Cc2ccccc2O1)C(=O)c1cccc(-c2cnc(N)nc2)n1. The predicted molar refractivity (Wildman–Crippen MR) is 101 cm³/mol. The van der Waals surface area contributed by atoms with Crippen molar-refractivity contribution in [1.29, 1.82) is 0 Å². The molecular weight excluding hydrogens is 342 g/mol. The number of hydrogen-bond donors (Lipinski definition) is 1. The minimum absolute atomic E-state index is 0.0509. The first-order chi connectivity index (χ1) is 13.1. The molecule has 0 fully saturated rings. The number of amides is 1. The van der Waals surface area contributed by atoms with Gasteiger partial charge in [0.15, 0.2) is 0 Å². The molecule has 3 heterocycles. The molecule has 0 saturated heterocycles. The van der Waals surface area contributed by atoms with Crippen LogP contribution in [0, 0.1) is 0 Å². The van der Waals surface area contributed by atoms with Crippen LogP contribution in [0.1, 0.15) is 16.1 Å². The van der Waals surface area contributed by atoms with Gasteiger partial charge in [0.05, 0.1) is 12.2 Å². The van der Waals surface area contributed by atoms with Crippen molar-refractivity contribution in [2.45, 2.75) is 12.5 Å². The molecule has 4 rings (SSSR count). The Balaban J connectivity index is 1.46. The van der Waals surface area contributed by atoms with Gasteiger partial charge in [-0.05, 0) is 23.8 Å². The summed E-state index contributed by atoms with van der Waals surface area (Å²) in [4.78, 5) is 26.8. The van der Waals surface area contributed by atoms with Crippen molar-refractivity contribution in [3.05, 3.63) is 66.1 Å². The van der Waals surface area contributed by atoms with Gasteiger partial charge in [0.1, 0.15) is 17.5 Å².